The van der Waals surface area contributed by atoms with Gasteiger partial charge in [0.1, 0.15) is 5.60 Å². The number of carbonyl (C=O) groups excluding carboxylic acids is 1. The molecule has 2 N–H and O–H groups in total. The number of hydrogen-bond donors (Lipinski definition) is 2. The maximum atomic E-state index is 12.0. The zero-order valence-electron chi connectivity index (χ0n) is 14.1. The number of carboxylic acid groups (broad SMARTS) is 1. The van der Waals surface area contributed by atoms with Crippen LogP contribution in [0.2, 0.25) is 0 Å². The normalized spacial score (nSPS) is 22.5. The fourth-order valence-corrected chi connectivity index (χ4v) is 3.07. The third-order valence-electron chi connectivity index (χ3n) is 4.58. The van der Waals surface area contributed by atoms with Crippen molar-refractivity contribution >= 4 is 12.1 Å². The zero-order chi connectivity index (χ0) is 16.6. The molecule has 0 unspecified atom stereocenters. The SMILES string of the molecule is CC1(CNC2(CC(=O)O)CN(C(=O)OC(C)(C)C)C2)CCC1. The number of nitrogens with zero attached hydrogens (tertiary/aromatic N) is 1. The van der Waals surface area contributed by atoms with Gasteiger partial charge in [-0.15, -0.1) is 0 Å². The largest absolute Gasteiger partial charge is 0.481 e. The quantitative estimate of drug-likeness (QED) is 0.814. The van der Waals surface area contributed by atoms with E-state index < -0.39 is 17.1 Å². The average molecular weight is 312 g/mol. The number of carbonyl (C=O) groups is 2. The Bertz CT molecular complexity index is 446. The molecule has 1 aliphatic heterocycles. The van der Waals surface area contributed by atoms with E-state index in [1.165, 1.54) is 19.3 Å². The number of likely N-dealkylation sites (tertiary alicyclic amines) is 1. The fourth-order valence-electron chi connectivity index (χ4n) is 3.07. The second kappa shape index (κ2) is 5.72. The predicted octanol–water partition coefficient (Wildman–Crippen LogP) is 2.23. The van der Waals surface area contributed by atoms with Gasteiger partial charge in [0.2, 0.25) is 0 Å². The molecular weight excluding hydrogens is 284 g/mol. The highest BCUT2D eigenvalue weighted by Gasteiger charge is 2.48. The molecule has 1 saturated heterocycles. The summed E-state index contributed by atoms with van der Waals surface area (Å²) in [6, 6.07) is 0. The molecule has 0 aromatic heterocycles. The molecule has 6 nitrogen and oxygen atoms in total. The van der Waals surface area contributed by atoms with Gasteiger partial charge in [0.15, 0.2) is 0 Å². The smallest absolute Gasteiger partial charge is 0.410 e. The molecule has 0 radical (unpaired) electrons. The van der Waals surface area contributed by atoms with Crippen molar-refractivity contribution in [2.24, 2.45) is 5.41 Å². The summed E-state index contributed by atoms with van der Waals surface area (Å²) >= 11 is 0. The van der Waals surface area contributed by atoms with E-state index in [1.807, 2.05) is 20.8 Å². The third kappa shape index (κ3) is 4.12. The standard InChI is InChI=1S/C16H28N2O4/c1-14(2,3)22-13(21)18-10-16(11-18,8-12(19)20)17-9-15(4)6-5-7-15/h17H,5-11H2,1-4H3,(H,19,20). The summed E-state index contributed by atoms with van der Waals surface area (Å²) in [6.45, 7) is 9.29. The Balaban J connectivity index is 1.90. The maximum absolute atomic E-state index is 12.0. The van der Waals surface area contributed by atoms with E-state index in [2.05, 4.69) is 12.2 Å². The van der Waals surface area contributed by atoms with Crippen LogP contribution in [0.5, 0.6) is 0 Å². The molecule has 0 aromatic carbocycles. The van der Waals surface area contributed by atoms with Crippen molar-refractivity contribution in [2.45, 2.75) is 64.5 Å². The summed E-state index contributed by atoms with van der Waals surface area (Å²) in [6.07, 6.45) is 3.26. The van der Waals surface area contributed by atoms with Crippen LogP contribution in [-0.2, 0) is 9.53 Å². The van der Waals surface area contributed by atoms with Crippen LogP contribution in [-0.4, -0.2) is 52.8 Å². The number of aliphatic carboxylic acids is 1. The first-order valence-corrected chi connectivity index (χ1v) is 7.97. The maximum Gasteiger partial charge on any atom is 0.410 e. The van der Waals surface area contributed by atoms with Gasteiger partial charge >= 0.3 is 12.1 Å². The molecule has 2 aliphatic rings. The van der Waals surface area contributed by atoms with E-state index in [9.17, 15) is 9.59 Å². The van der Waals surface area contributed by atoms with Crippen LogP contribution in [0.4, 0.5) is 4.79 Å². The summed E-state index contributed by atoms with van der Waals surface area (Å²) in [4.78, 5) is 24.7. The van der Waals surface area contributed by atoms with Crippen molar-refractivity contribution in [2.75, 3.05) is 19.6 Å². The summed E-state index contributed by atoms with van der Waals surface area (Å²) in [5.41, 5.74) is -0.770. The van der Waals surface area contributed by atoms with Crippen LogP contribution < -0.4 is 5.32 Å². The second-order valence-corrected chi connectivity index (χ2v) is 8.21. The van der Waals surface area contributed by atoms with Gasteiger partial charge in [-0.05, 0) is 39.0 Å². The average Bonchev–Trinajstić information content (AvgIpc) is 2.26. The van der Waals surface area contributed by atoms with Crippen molar-refractivity contribution in [3.63, 3.8) is 0 Å². The highest BCUT2D eigenvalue weighted by molar-refractivity contribution is 5.73. The topological polar surface area (TPSA) is 78.9 Å². The van der Waals surface area contributed by atoms with Crippen molar-refractivity contribution in [3.8, 4) is 0 Å². The molecular formula is C16H28N2O4. The molecule has 0 spiro atoms. The molecule has 1 heterocycles. The Hall–Kier alpha value is -1.30. The molecule has 2 fully saturated rings. The van der Waals surface area contributed by atoms with Gasteiger partial charge < -0.3 is 20.1 Å². The summed E-state index contributed by atoms with van der Waals surface area (Å²) in [7, 11) is 0. The number of carboxylic acids is 1. The molecule has 22 heavy (non-hydrogen) atoms. The fraction of sp³-hybridized carbons (Fsp3) is 0.875. The van der Waals surface area contributed by atoms with Crippen LogP contribution in [0.15, 0.2) is 0 Å². The van der Waals surface area contributed by atoms with Gasteiger partial charge in [-0.2, -0.15) is 0 Å². The third-order valence-corrected chi connectivity index (χ3v) is 4.58. The van der Waals surface area contributed by atoms with Crippen LogP contribution in [0.1, 0.15) is 53.4 Å². The van der Waals surface area contributed by atoms with Crippen molar-refractivity contribution in [3.05, 3.63) is 0 Å². The van der Waals surface area contributed by atoms with Crippen LogP contribution in [0.3, 0.4) is 0 Å². The Labute approximate surface area is 132 Å². The van der Waals surface area contributed by atoms with Crippen LogP contribution in [0.25, 0.3) is 0 Å². The Morgan fingerprint density at radius 2 is 1.86 bits per heavy atom. The highest BCUT2D eigenvalue weighted by Crippen LogP contribution is 2.40. The first-order valence-electron chi connectivity index (χ1n) is 7.97. The van der Waals surface area contributed by atoms with Crippen molar-refractivity contribution < 1.29 is 19.4 Å². The van der Waals surface area contributed by atoms with Crippen molar-refractivity contribution in [1.82, 2.24) is 10.2 Å². The number of hydrogen-bond acceptors (Lipinski definition) is 4. The minimum absolute atomic E-state index is 0.0301. The zero-order valence-corrected chi connectivity index (χ0v) is 14.1. The van der Waals surface area contributed by atoms with Crippen LogP contribution in [0, 0.1) is 5.41 Å². The molecule has 1 amide bonds. The van der Waals surface area contributed by atoms with Gasteiger partial charge in [0.05, 0.1) is 12.0 Å². The second-order valence-electron chi connectivity index (χ2n) is 8.21. The predicted molar refractivity (Wildman–Crippen MR) is 82.8 cm³/mol. The summed E-state index contributed by atoms with van der Waals surface area (Å²) in [5.74, 6) is -0.838. The molecule has 126 valence electrons. The number of ether oxygens (including phenoxy) is 1. The molecule has 0 bridgehead atoms. The van der Waals surface area contributed by atoms with Crippen LogP contribution >= 0.6 is 0 Å². The minimum Gasteiger partial charge on any atom is -0.481 e. The lowest BCUT2D eigenvalue weighted by molar-refractivity contribution is -0.141. The number of amides is 1. The van der Waals surface area contributed by atoms with Gasteiger partial charge in [0, 0.05) is 19.6 Å². The van der Waals surface area contributed by atoms with E-state index in [0.29, 0.717) is 13.1 Å². The lowest BCUT2D eigenvalue weighted by Gasteiger charge is -2.52. The van der Waals surface area contributed by atoms with Gasteiger partial charge in [0.25, 0.3) is 0 Å². The molecule has 6 heteroatoms. The molecule has 1 aliphatic carbocycles. The Morgan fingerprint density at radius 3 is 2.27 bits per heavy atom. The molecule has 0 atom stereocenters. The Morgan fingerprint density at radius 1 is 1.27 bits per heavy atom. The Kier molecular flexibility index (Phi) is 4.44. The van der Waals surface area contributed by atoms with E-state index in [0.717, 1.165) is 6.54 Å². The van der Waals surface area contributed by atoms with E-state index in [4.69, 9.17) is 9.84 Å². The lowest BCUT2D eigenvalue weighted by Crippen LogP contribution is -2.72. The molecule has 0 aromatic rings. The first kappa shape index (κ1) is 17.1. The van der Waals surface area contributed by atoms with Gasteiger partial charge in [-0.1, -0.05) is 13.3 Å². The number of nitrogens with one attached hydrogen (secondary N) is 1. The molecule has 2 rings (SSSR count). The minimum atomic E-state index is -0.838. The molecule has 1 saturated carbocycles. The monoisotopic (exact) mass is 312 g/mol. The van der Waals surface area contributed by atoms with Gasteiger partial charge in [-0.25, -0.2) is 4.79 Å². The lowest BCUT2D eigenvalue weighted by atomic mass is 9.70. The summed E-state index contributed by atoms with van der Waals surface area (Å²) in [5, 5.41) is 12.6. The van der Waals surface area contributed by atoms with E-state index in [1.54, 1.807) is 4.90 Å². The summed E-state index contributed by atoms with van der Waals surface area (Å²) < 4.78 is 5.33. The van der Waals surface area contributed by atoms with Gasteiger partial charge in [-0.3, -0.25) is 4.79 Å². The first-order chi connectivity index (χ1) is 10.0. The van der Waals surface area contributed by atoms with E-state index in [-0.39, 0.29) is 17.9 Å². The van der Waals surface area contributed by atoms with E-state index >= 15 is 0 Å². The highest BCUT2D eigenvalue weighted by atomic mass is 16.6. The number of rotatable bonds is 5. The van der Waals surface area contributed by atoms with Crippen molar-refractivity contribution in [1.29, 1.82) is 0 Å².